The van der Waals surface area contributed by atoms with Crippen LogP contribution in [0, 0.1) is 19.8 Å². The number of benzene rings is 1. The maximum atomic E-state index is 12.4. The number of carbonyl (C=O) groups excluding carboxylic acids is 1. The van der Waals surface area contributed by atoms with Gasteiger partial charge in [-0.25, -0.2) is 0 Å². The smallest absolute Gasteiger partial charge is 0.176 e. The van der Waals surface area contributed by atoms with Crippen LogP contribution in [0.3, 0.4) is 0 Å². The average Bonchev–Trinajstić information content (AvgIpc) is 3.15. The molecule has 0 heterocycles. The third kappa shape index (κ3) is 3.90. The quantitative estimate of drug-likeness (QED) is 0.727. The van der Waals surface area contributed by atoms with Crippen LogP contribution in [0.1, 0.15) is 48.2 Å². The van der Waals surface area contributed by atoms with Gasteiger partial charge in [0.1, 0.15) is 0 Å². The Balaban J connectivity index is 2.03. The van der Waals surface area contributed by atoms with Gasteiger partial charge < -0.3 is 0 Å². The van der Waals surface area contributed by atoms with Gasteiger partial charge in [-0.2, -0.15) is 0 Å². The van der Waals surface area contributed by atoms with Crippen LogP contribution in [0.25, 0.3) is 0 Å². The van der Waals surface area contributed by atoms with E-state index in [0.717, 1.165) is 12.1 Å². The van der Waals surface area contributed by atoms with Crippen molar-refractivity contribution in [2.24, 2.45) is 5.92 Å². The molecule has 1 saturated carbocycles. The first-order valence-corrected chi connectivity index (χ1v) is 7.32. The molecule has 1 aliphatic rings. The van der Waals surface area contributed by atoms with Gasteiger partial charge in [0.05, 0.1) is 6.54 Å². The Hall–Kier alpha value is -1.15. The van der Waals surface area contributed by atoms with Crippen molar-refractivity contribution in [1.29, 1.82) is 0 Å². The van der Waals surface area contributed by atoms with Crippen LogP contribution in [0.15, 0.2) is 18.2 Å². The molecule has 2 nitrogen and oxygen atoms in total. The summed E-state index contributed by atoms with van der Waals surface area (Å²) < 4.78 is 0. The number of carbonyl (C=O) groups is 1. The molecule has 1 fully saturated rings. The summed E-state index contributed by atoms with van der Waals surface area (Å²) in [5.74, 6) is 0.879. The third-order valence-electron chi connectivity index (χ3n) is 3.84. The molecule has 0 amide bonds. The highest BCUT2D eigenvalue weighted by molar-refractivity contribution is 5.97. The summed E-state index contributed by atoms with van der Waals surface area (Å²) in [5.41, 5.74) is 3.31. The predicted octanol–water partition coefficient (Wildman–Crippen LogP) is 3.61. The van der Waals surface area contributed by atoms with E-state index in [1.165, 1.54) is 24.0 Å². The van der Waals surface area contributed by atoms with Gasteiger partial charge in [-0.05, 0) is 49.8 Å². The standard InChI is InChI=1S/C17H25NO/c1-12(2)10-18(16-7-8-16)11-17(19)15-6-5-13(3)14(4)9-15/h5-6,9,12,16H,7-8,10-11H2,1-4H3. The molecule has 1 aliphatic carbocycles. The number of rotatable bonds is 6. The van der Waals surface area contributed by atoms with E-state index in [0.29, 0.717) is 18.5 Å². The number of Topliss-reactive ketones (excluding diaryl/α,β-unsaturated/α-hetero) is 1. The maximum Gasteiger partial charge on any atom is 0.176 e. The van der Waals surface area contributed by atoms with E-state index in [2.05, 4.69) is 32.6 Å². The zero-order chi connectivity index (χ0) is 14.0. The van der Waals surface area contributed by atoms with Crippen LogP contribution in [0.4, 0.5) is 0 Å². The van der Waals surface area contributed by atoms with E-state index in [9.17, 15) is 4.79 Å². The Bertz CT molecular complexity index is 460. The van der Waals surface area contributed by atoms with Crippen LogP contribution >= 0.6 is 0 Å². The van der Waals surface area contributed by atoms with Crippen molar-refractivity contribution in [3.8, 4) is 0 Å². The average molecular weight is 259 g/mol. The first-order valence-electron chi connectivity index (χ1n) is 7.32. The van der Waals surface area contributed by atoms with Crippen molar-refractivity contribution >= 4 is 5.78 Å². The van der Waals surface area contributed by atoms with E-state index in [1.807, 2.05) is 18.2 Å². The van der Waals surface area contributed by atoms with Crippen LogP contribution in [0.5, 0.6) is 0 Å². The molecule has 0 aromatic heterocycles. The largest absolute Gasteiger partial charge is 0.293 e. The molecule has 104 valence electrons. The molecule has 0 bridgehead atoms. The predicted molar refractivity (Wildman–Crippen MR) is 79.7 cm³/mol. The molecule has 0 unspecified atom stereocenters. The molecule has 19 heavy (non-hydrogen) atoms. The van der Waals surface area contributed by atoms with Gasteiger partial charge in [-0.3, -0.25) is 9.69 Å². The lowest BCUT2D eigenvalue weighted by molar-refractivity contribution is 0.0915. The summed E-state index contributed by atoms with van der Waals surface area (Å²) in [6.07, 6.45) is 2.51. The van der Waals surface area contributed by atoms with Crippen molar-refractivity contribution in [1.82, 2.24) is 4.90 Å². The van der Waals surface area contributed by atoms with Crippen LogP contribution < -0.4 is 0 Å². The molecule has 2 heteroatoms. The lowest BCUT2D eigenvalue weighted by atomic mass is 10.0. The molecule has 0 aliphatic heterocycles. The van der Waals surface area contributed by atoms with Crippen molar-refractivity contribution in [2.45, 2.75) is 46.6 Å². The zero-order valence-electron chi connectivity index (χ0n) is 12.6. The van der Waals surface area contributed by atoms with E-state index < -0.39 is 0 Å². The van der Waals surface area contributed by atoms with E-state index >= 15 is 0 Å². The summed E-state index contributed by atoms with van der Waals surface area (Å²) in [6.45, 7) is 10.2. The highest BCUT2D eigenvalue weighted by Gasteiger charge is 2.30. The Labute approximate surface area is 116 Å². The number of nitrogens with zero attached hydrogens (tertiary/aromatic N) is 1. The van der Waals surface area contributed by atoms with Crippen LogP contribution in [-0.2, 0) is 0 Å². The Morgan fingerprint density at radius 2 is 1.95 bits per heavy atom. The van der Waals surface area contributed by atoms with Crippen molar-refractivity contribution in [2.75, 3.05) is 13.1 Å². The Kier molecular flexibility index (Phi) is 4.41. The normalized spacial score (nSPS) is 15.3. The van der Waals surface area contributed by atoms with E-state index in [-0.39, 0.29) is 5.78 Å². The van der Waals surface area contributed by atoms with Crippen LogP contribution in [0.2, 0.25) is 0 Å². The van der Waals surface area contributed by atoms with Crippen molar-refractivity contribution < 1.29 is 4.79 Å². The summed E-state index contributed by atoms with van der Waals surface area (Å²) in [7, 11) is 0. The molecule has 0 saturated heterocycles. The van der Waals surface area contributed by atoms with Gasteiger partial charge in [-0.15, -0.1) is 0 Å². The third-order valence-corrected chi connectivity index (χ3v) is 3.84. The molecule has 1 aromatic carbocycles. The molecule has 0 spiro atoms. The highest BCUT2D eigenvalue weighted by atomic mass is 16.1. The van der Waals surface area contributed by atoms with Gasteiger partial charge >= 0.3 is 0 Å². The summed E-state index contributed by atoms with van der Waals surface area (Å²) in [6, 6.07) is 6.69. The minimum atomic E-state index is 0.260. The number of hydrogen-bond acceptors (Lipinski definition) is 2. The second kappa shape index (κ2) is 5.87. The first-order chi connectivity index (χ1) is 8.97. The molecule has 2 rings (SSSR count). The van der Waals surface area contributed by atoms with E-state index in [4.69, 9.17) is 0 Å². The number of hydrogen-bond donors (Lipinski definition) is 0. The summed E-state index contributed by atoms with van der Waals surface area (Å²) in [5, 5.41) is 0. The first kappa shape index (κ1) is 14.3. The minimum Gasteiger partial charge on any atom is -0.293 e. The monoisotopic (exact) mass is 259 g/mol. The van der Waals surface area contributed by atoms with Gasteiger partial charge in [0.25, 0.3) is 0 Å². The van der Waals surface area contributed by atoms with Gasteiger partial charge in [0, 0.05) is 18.2 Å². The molecule has 0 radical (unpaired) electrons. The topological polar surface area (TPSA) is 20.3 Å². The van der Waals surface area contributed by atoms with E-state index in [1.54, 1.807) is 0 Å². The molecular formula is C17H25NO. The molecule has 0 N–H and O–H groups in total. The van der Waals surface area contributed by atoms with Gasteiger partial charge in [0.2, 0.25) is 0 Å². The Morgan fingerprint density at radius 3 is 2.47 bits per heavy atom. The fourth-order valence-corrected chi connectivity index (χ4v) is 2.44. The summed E-state index contributed by atoms with van der Waals surface area (Å²) in [4.78, 5) is 14.8. The van der Waals surface area contributed by atoms with Crippen molar-refractivity contribution in [3.63, 3.8) is 0 Å². The van der Waals surface area contributed by atoms with Gasteiger partial charge in [0.15, 0.2) is 5.78 Å². The minimum absolute atomic E-state index is 0.260. The SMILES string of the molecule is Cc1ccc(C(=O)CN(CC(C)C)C2CC2)cc1C. The lowest BCUT2D eigenvalue weighted by Crippen LogP contribution is -2.35. The second-order valence-electron chi connectivity index (χ2n) is 6.28. The van der Waals surface area contributed by atoms with Crippen LogP contribution in [-0.4, -0.2) is 29.8 Å². The maximum absolute atomic E-state index is 12.4. The van der Waals surface area contributed by atoms with Crippen molar-refractivity contribution in [3.05, 3.63) is 34.9 Å². The summed E-state index contributed by atoms with van der Waals surface area (Å²) >= 11 is 0. The number of aryl methyl sites for hydroxylation is 2. The molecular weight excluding hydrogens is 234 g/mol. The lowest BCUT2D eigenvalue weighted by Gasteiger charge is -2.23. The number of ketones is 1. The Morgan fingerprint density at radius 1 is 1.26 bits per heavy atom. The highest BCUT2D eigenvalue weighted by Crippen LogP contribution is 2.27. The second-order valence-corrected chi connectivity index (χ2v) is 6.28. The molecule has 0 atom stereocenters. The molecule has 1 aromatic rings. The zero-order valence-corrected chi connectivity index (χ0v) is 12.6. The van der Waals surface area contributed by atoms with Gasteiger partial charge in [-0.1, -0.05) is 26.0 Å². The fraction of sp³-hybridized carbons (Fsp3) is 0.588. The fourth-order valence-electron chi connectivity index (χ4n) is 2.44.